The topological polar surface area (TPSA) is 68.3 Å². The molecule has 0 saturated carbocycles. The molecule has 0 amide bonds. The van der Waals surface area contributed by atoms with Crippen LogP contribution in [0.2, 0.25) is 0 Å². The van der Waals surface area contributed by atoms with Crippen molar-refractivity contribution in [1.29, 1.82) is 0 Å². The molecule has 2 unspecified atom stereocenters. The Balaban J connectivity index is 4.08. The summed E-state index contributed by atoms with van der Waals surface area (Å²) in [6.45, 7) is 0. The SMILES string of the molecule is O=S(=O)(CBr)CC(Br)CCCCC(CBr)S(=O)(=O)CBr. The van der Waals surface area contributed by atoms with E-state index in [0.717, 1.165) is 19.3 Å². The van der Waals surface area contributed by atoms with E-state index in [2.05, 4.69) is 63.7 Å². The van der Waals surface area contributed by atoms with Gasteiger partial charge in [0.2, 0.25) is 0 Å². The highest BCUT2D eigenvalue weighted by molar-refractivity contribution is 9.11. The molecule has 0 N–H and O–H groups in total. The summed E-state index contributed by atoms with van der Waals surface area (Å²) in [6.07, 6.45) is 2.87. The van der Waals surface area contributed by atoms with Crippen molar-refractivity contribution in [3.63, 3.8) is 0 Å². The molecule has 0 aliphatic heterocycles. The summed E-state index contributed by atoms with van der Waals surface area (Å²) in [7, 11) is -6.13. The van der Waals surface area contributed by atoms with Crippen LogP contribution in [0.5, 0.6) is 0 Å². The molecule has 0 spiro atoms. The van der Waals surface area contributed by atoms with Crippen LogP contribution >= 0.6 is 63.7 Å². The molecular weight excluding hydrogens is 568 g/mol. The molecule has 2 atom stereocenters. The second kappa shape index (κ2) is 10.6. The van der Waals surface area contributed by atoms with Crippen LogP contribution < -0.4 is 0 Å². The van der Waals surface area contributed by atoms with E-state index in [9.17, 15) is 16.8 Å². The van der Waals surface area contributed by atoms with Crippen LogP contribution in [0.3, 0.4) is 0 Å². The van der Waals surface area contributed by atoms with Crippen molar-refractivity contribution in [3.05, 3.63) is 0 Å². The lowest BCUT2D eigenvalue weighted by atomic mass is 10.1. The zero-order chi connectivity index (χ0) is 15.8. The number of rotatable bonds is 11. The van der Waals surface area contributed by atoms with Crippen LogP contribution in [0.4, 0.5) is 0 Å². The standard InChI is InChI=1S/C10H18Br4O4S2/c11-5-10(20(17,18)8-13)4-2-1-3-9(14)6-19(15,16)7-12/h9-10H,1-8H2. The number of hydrogen-bond acceptors (Lipinski definition) is 4. The smallest absolute Gasteiger partial charge is 0.163 e. The average Bonchev–Trinajstić information content (AvgIpc) is 2.37. The number of hydrogen-bond donors (Lipinski definition) is 0. The lowest BCUT2D eigenvalue weighted by Crippen LogP contribution is -2.23. The molecule has 122 valence electrons. The molecule has 20 heavy (non-hydrogen) atoms. The van der Waals surface area contributed by atoms with E-state index in [-0.39, 0.29) is 25.2 Å². The molecule has 0 heterocycles. The van der Waals surface area contributed by atoms with Gasteiger partial charge in [-0.2, -0.15) is 0 Å². The van der Waals surface area contributed by atoms with Gasteiger partial charge in [0, 0.05) is 10.2 Å². The Kier molecular flexibility index (Phi) is 11.5. The maximum absolute atomic E-state index is 11.7. The first-order valence-electron chi connectivity index (χ1n) is 5.92. The Morgan fingerprint density at radius 1 is 0.850 bits per heavy atom. The quantitative estimate of drug-likeness (QED) is 0.275. The zero-order valence-electron chi connectivity index (χ0n) is 10.8. The minimum Gasteiger partial charge on any atom is -0.228 e. The third kappa shape index (κ3) is 9.07. The van der Waals surface area contributed by atoms with E-state index in [4.69, 9.17) is 0 Å². The highest BCUT2D eigenvalue weighted by atomic mass is 79.9. The Morgan fingerprint density at radius 2 is 1.40 bits per heavy atom. The highest BCUT2D eigenvalue weighted by Gasteiger charge is 2.23. The van der Waals surface area contributed by atoms with E-state index in [1.807, 2.05) is 0 Å². The first-order chi connectivity index (χ1) is 9.18. The summed E-state index contributed by atoms with van der Waals surface area (Å²) >= 11 is 12.5. The molecule has 0 fully saturated rings. The van der Waals surface area contributed by atoms with Gasteiger partial charge in [0.25, 0.3) is 0 Å². The molecule has 0 rings (SSSR count). The van der Waals surface area contributed by atoms with Gasteiger partial charge < -0.3 is 0 Å². The van der Waals surface area contributed by atoms with Gasteiger partial charge >= 0.3 is 0 Å². The predicted octanol–water partition coefficient (Wildman–Crippen LogP) is 3.61. The lowest BCUT2D eigenvalue weighted by molar-refractivity contribution is 0.570. The Hall–Kier alpha value is 1.82. The Labute approximate surface area is 155 Å². The van der Waals surface area contributed by atoms with E-state index < -0.39 is 19.7 Å². The van der Waals surface area contributed by atoms with Crippen LogP contribution in [-0.2, 0) is 19.7 Å². The van der Waals surface area contributed by atoms with Gasteiger partial charge in [-0.15, -0.1) is 0 Å². The summed E-state index contributed by atoms with van der Waals surface area (Å²) in [4.78, 5) is -0.0831. The van der Waals surface area contributed by atoms with Crippen molar-refractivity contribution >= 4 is 83.4 Å². The summed E-state index contributed by atoms with van der Waals surface area (Å²) in [6, 6.07) is 0. The lowest BCUT2D eigenvalue weighted by Gasteiger charge is -2.14. The van der Waals surface area contributed by atoms with Crippen LogP contribution in [0, 0.1) is 0 Å². The van der Waals surface area contributed by atoms with E-state index >= 15 is 0 Å². The van der Waals surface area contributed by atoms with Crippen LogP contribution in [0.1, 0.15) is 25.7 Å². The average molecular weight is 586 g/mol. The summed E-state index contributed by atoms with van der Waals surface area (Å²) in [5.74, 6) is 0.0970. The van der Waals surface area contributed by atoms with E-state index in [1.54, 1.807) is 0 Å². The molecule has 0 aromatic rings. The molecule has 0 bridgehead atoms. The Morgan fingerprint density at radius 3 is 1.85 bits per heavy atom. The minimum absolute atomic E-state index is 0.0270. The molecule has 10 heteroatoms. The van der Waals surface area contributed by atoms with Gasteiger partial charge in [0.15, 0.2) is 19.7 Å². The van der Waals surface area contributed by atoms with Gasteiger partial charge in [-0.05, 0) is 12.8 Å². The number of alkyl halides is 4. The van der Waals surface area contributed by atoms with Crippen molar-refractivity contribution in [2.75, 3.05) is 20.4 Å². The van der Waals surface area contributed by atoms with Crippen molar-refractivity contribution in [3.8, 4) is 0 Å². The van der Waals surface area contributed by atoms with Crippen LogP contribution in [0.15, 0.2) is 0 Å². The molecule has 0 radical (unpaired) electrons. The predicted molar refractivity (Wildman–Crippen MR) is 99.1 cm³/mol. The van der Waals surface area contributed by atoms with Gasteiger partial charge in [0.05, 0.1) is 11.0 Å². The maximum atomic E-state index is 11.7. The van der Waals surface area contributed by atoms with Gasteiger partial charge in [-0.1, -0.05) is 76.6 Å². The molecule has 0 aliphatic carbocycles. The van der Waals surface area contributed by atoms with Crippen LogP contribution in [-0.4, -0.2) is 47.3 Å². The van der Waals surface area contributed by atoms with Gasteiger partial charge in [0.1, 0.15) is 9.32 Å². The molecule has 0 aromatic carbocycles. The summed E-state index contributed by atoms with van der Waals surface area (Å²) in [5.41, 5.74) is 0. The largest absolute Gasteiger partial charge is 0.228 e. The normalized spacial score (nSPS) is 16.0. The van der Waals surface area contributed by atoms with Gasteiger partial charge in [-0.25, -0.2) is 16.8 Å². The monoisotopic (exact) mass is 582 g/mol. The third-order valence-corrected chi connectivity index (χ3v) is 12.1. The van der Waals surface area contributed by atoms with Crippen LogP contribution in [0.25, 0.3) is 0 Å². The fourth-order valence-electron chi connectivity index (χ4n) is 1.58. The molecular formula is C10H18Br4O4S2. The molecule has 0 aromatic heterocycles. The second-order valence-corrected chi connectivity index (χ2v) is 13.4. The van der Waals surface area contributed by atoms with Crippen molar-refractivity contribution in [2.45, 2.75) is 35.8 Å². The zero-order valence-corrected chi connectivity index (χ0v) is 18.7. The molecule has 0 aliphatic rings. The third-order valence-electron chi connectivity index (χ3n) is 2.73. The molecule has 4 nitrogen and oxygen atoms in total. The van der Waals surface area contributed by atoms with Crippen molar-refractivity contribution in [1.82, 2.24) is 0 Å². The molecule has 0 saturated heterocycles. The summed E-state index contributed by atoms with van der Waals surface area (Å²) < 4.78 is 46.2. The van der Waals surface area contributed by atoms with E-state index in [1.165, 1.54) is 0 Å². The first kappa shape index (κ1) is 21.8. The summed E-state index contributed by atoms with van der Waals surface area (Å²) in [5, 5.41) is 0.0401. The maximum Gasteiger partial charge on any atom is 0.163 e. The first-order valence-corrected chi connectivity index (χ1v) is 13.7. The highest BCUT2D eigenvalue weighted by Crippen LogP contribution is 2.19. The fourth-order valence-corrected chi connectivity index (χ4v) is 8.03. The van der Waals surface area contributed by atoms with Gasteiger partial charge in [-0.3, -0.25) is 0 Å². The van der Waals surface area contributed by atoms with Crippen molar-refractivity contribution in [2.24, 2.45) is 0 Å². The number of sulfone groups is 2. The van der Waals surface area contributed by atoms with Crippen molar-refractivity contribution < 1.29 is 16.8 Å². The number of unbranched alkanes of at least 4 members (excludes halogenated alkanes) is 1. The fraction of sp³-hybridized carbons (Fsp3) is 1.00. The Bertz CT molecular complexity index is 464. The second-order valence-electron chi connectivity index (χ2n) is 4.45. The minimum atomic E-state index is -3.09. The number of halogens is 4. The van der Waals surface area contributed by atoms with E-state index in [0.29, 0.717) is 11.8 Å².